The van der Waals surface area contributed by atoms with E-state index < -0.39 is 0 Å². The SMILES string of the molecule is N#Cc1ccccc1Sc1ccccc1C(=O)NCC1(N2CCCCC2)CCCCC1. The zero-order chi connectivity index (χ0) is 21.5. The van der Waals surface area contributed by atoms with Gasteiger partial charge < -0.3 is 5.32 Å². The molecule has 5 heteroatoms. The lowest BCUT2D eigenvalue weighted by molar-refractivity contribution is 0.0326. The van der Waals surface area contributed by atoms with Gasteiger partial charge >= 0.3 is 0 Å². The van der Waals surface area contributed by atoms with Crippen molar-refractivity contribution in [3.8, 4) is 6.07 Å². The Labute approximate surface area is 190 Å². The minimum Gasteiger partial charge on any atom is -0.350 e. The second-order valence-electron chi connectivity index (χ2n) is 8.72. The van der Waals surface area contributed by atoms with Crippen LogP contribution in [-0.4, -0.2) is 36.0 Å². The van der Waals surface area contributed by atoms with Crippen LogP contribution in [-0.2, 0) is 0 Å². The number of nitriles is 1. The van der Waals surface area contributed by atoms with Crippen molar-refractivity contribution >= 4 is 17.7 Å². The summed E-state index contributed by atoms with van der Waals surface area (Å²) >= 11 is 1.49. The minimum atomic E-state index is -0.0144. The molecule has 0 bridgehead atoms. The van der Waals surface area contributed by atoms with Gasteiger partial charge in [0.05, 0.1) is 11.1 Å². The maximum absolute atomic E-state index is 13.3. The fraction of sp³-hybridized carbons (Fsp3) is 0.462. The lowest BCUT2D eigenvalue weighted by Crippen LogP contribution is -2.58. The Morgan fingerprint density at radius 1 is 0.935 bits per heavy atom. The molecule has 1 aliphatic heterocycles. The number of hydrogen-bond acceptors (Lipinski definition) is 4. The van der Waals surface area contributed by atoms with E-state index in [9.17, 15) is 10.1 Å². The number of amides is 1. The number of piperidine rings is 1. The summed E-state index contributed by atoms with van der Waals surface area (Å²) in [5, 5.41) is 12.7. The van der Waals surface area contributed by atoms with Gasteiger partial charge in [-0.2, -0.15) is 5.26 Å². The molecule has 1 saturated heterocycles. The van der Waals surface area contributed by atoms with Crippen LogP contribution >= 0.6 is 11.8 Å². The number of carbonyl (C=O) groups excluding carboxylic acids is 1. The topological polar surface area (TPSA) is 56.1 Å². The molecule has 4 rings (SSSR count). The van der Waals surface area contributed by atoms with Gasteiger partial charge in [0.1, 0.15) is 6.07 Å². The largest absolute Gasteiger partial charge is 0.350 e. The predicted molar refractivity (Wildman–Crippen MR) is 125 cm³/mol. The summed E-state index contributed by atoms with van der Waals surface area (Å²) in [5.41, 5.74) is 1.43. The second-order valence-corrected chi connectivity index (χ2v) is 9.81. The number of nitrogens with one attached hydrogen (secondary N) is 1. The average Bonchev–Trinajstić information content (AvgIpc) is 2.84. The van der Waals surface area contributed by atoms with E-state index in [4.69, 9.17) is 0 Å². The smallest absolute Gasteiger partial charge is 0.252 e. The molecule has 1 amide bonds. The summed E-state index contributed by atoms with van der Waals surface area (Å²) in [6.07, 6.45) is 10.0. The fourth-order valence-electron chi connectivity index (χ4n) is 5.03. The van der Waals surface area contributed by atoms with Crippen molar-refractivity contribution in [3.05, 3.63) is 59.7 Å². The number of hydrogen-bond donors (Lipinski definition) is 1. The minimum absolute atomic E-state index is 0.0144. The summed E-state index contributed by atoms with van der Waals surface area (Å²) in [7, 11) is 0. The summed E-state index contributed by atoms with van der Waals surface area (Å²) in [6.45, 7) is 3.04. The molecular weight excluding hydrogens is 402 g/mol. The van der Waals surface area contributed by atoms with Crippen LogP contribution in [0.2, 0.25) is 0 Å². The summed E-state index contributed by atoms with van der Waals surface area (Å²) < 4.78 is 0. The van der Waals surface area contributed by atoms with E-state index in [2.05, 4.69) is 16.3 Å². The Kier molecular flexibility index (Phi) is 7.32. The molecule has 0 spiro atoms. The first-order valence-electron chi connectivity index (χ1n) is 11.5. The van der Waals surface area contributed by atoms with Gasteiger partial charge in [0.2, 0.25) is 0 Å². The van der Waals surface area contributed by atoms with E-state index in [1.807, 2.05) is 48.5 Å². The van der Waals surface area contributed by atoms with Gasteiger partial charge in [-0.3, -0.25) is 9.69 Å². The first-order chi connectivity index (χ1) is 15.2. The van der Waals surface area contributed by atoms with Crippen molar-refractivity contribution in [2.45, 2.75) is 66.7 Å². The fourth-order valence-corrected chi connectivity index (χ4v) is 6.06. The highest BCUT2D eigenvalue weighted by Crippen LogP contribution is 2.36. The normalized spacial score (nSPS) is 18.8. The maximum Gasteiger partial charge on any atom is 0.252 e. The third kappa shape index (κ3) is 5.14. The van der Waals surface area contributed by atoms with E-state index in [0.29, 0.717) is 11.1 Å². The van der Waals surface area contributed by atoms with Gasteiger partial charge in [-0.15, -0.1) is 0 Å². The Morgan fingerprint density at radius 3 is 2.32 bits per heavy atom. The lowest BCUT2D eigenvalue weighted by atomic mass is 9.79. The van der Waals surface area contributed by atoms with Crippen LogP contribution in [0, 0.1) is 11.3 Å². The first kappa shape index (κ1) is 21.9. The Morgan fingerprint density at radius 2 is 1.58 bits per heavy atom. The third-order valence-electron chi connectivity index (χ3n) is 6.75. The van der Waals surface area contributed by atoms with Gasteiger partial charge in [0.25, 0.3) is 5.91 Å². The molecule has 2 aliphatic rings. The van der Waals surface area contributed by atoms with Crippen molar-refractivity contribution in [2.24, 2.45) is 0 Å². The van der Waals surface area contributed by atoms with E-state index in [1.165, 1.54) is 63.1 Å². The molecule has 0 radical (unpaired) electrons. The highest BCUT2D eigenvalue weighted by atomic mass is 32.2. The monoisotopic (exact) mass is 433 g/mol. The van der Waals surface area contributed by atoms with Crippen LogP contribution in [0.3, 0.4) is 0 Å². The molecule has 1 aliphatic carbocycles. The standard InChI is InChI=1S/C26H31N3OS/c27-19-21-11-3-5-13-23(21)31-24-14-6-4-12-22(24)25(30)28-20-26(15-7-1-8-16-26)29-17-9-2-10-18-29/h3-6,11-14H,1-2,7-10,15-18,20H2,(H,28,30). The van der Waals surface area contributed by atoms with Crippen LogP contribution in [0.15, 0.2) is 58.3 Å². The maximum atomic E-state index is 13.3. The number of nitrogens with zero attached hydrogens (tertiary/aromatic N) is 2. The van der Waals surface area contributed by atoms with Crippen molar-refractivity contribution in [2.75, 3.05) is 19.6 Å². The molecule has 0 atom stereocenters. The average molecular weight is 434 g/mol. The molecular formula is C26H31N3OS. The van der Waals surface area contributed by atoms with Crippen LogP contribution < -0.4 is 5.32 Å². The van der Waals surface area contributed by atoms with Gasteiger partial charge in [0.15, 0.2) is 0 Å². The molecule has 2 aromatic rings. The molecule has 1 heterocycles. The molecule has 0 aromatic heterocycles. The van der Waals surface area contributed by atoms with Crippen molar-refractivity contribution in [1.29, 1.82) is 5.26 Å². The Bertz CT molecular complexity index is 940. The Balaban J connectivity index is 1.50. The number of carbonyl (C=O) groups is 1. The molecule has 162 valence electrons. The quantitative estimate of drug-likeness (QED) is 0.642. The second kappa shape index (κ2) is 10.3. The van der Waals surface area contributed by atoms with Gasteiger partial charge in [-0.1, -0.05) is 61.7 Å². The van der Waals surface area contributed by atoms with Gasteiger partial charge in [-0.25, -0.2) is 0 Å². The van der Waals surface area contributed by atoms with E-state index in [1.54, 1.807) is 0 Å². The zero-order valence-electron chi connectivity index (χ0n) is 18.1. The van der Waals surface area contributed by atoms with Crippen molar-refractivity contribution < 1.29 is 4.79 Å². The van der Waals surface area contributed by atoms with Crippen LogP contribution in [0.5, 0.6) is 0 Å². The summed E-state index contributed by atoms with van der Waals surface area (Å²) in [6, 6.07) is 17.5. The highest BCUT2D eigenvalue weighted by Gasteiger charge is 2.38. The third-order valence-corrected chi connectivity index (χ3v) is 7.90. The zero-order valence-corrected chi connectivity index (χ0v) is 18.9. The Hall–Kier alpha value is -2.29. The number of benzene rings is 2. The van der Waals surface area contributed by atoms with Crippen molar-refractivity contribution in [1.82, 2.24) is 10.2 Å². The van der Waals surface area contributed by atoms with Crippen LogP contribution in [0.1, 0.15) is 67.3 Å². The van der Waals surface area contributed by atoms with E-state index in [0.717, 1.165) is 29.4 Å². The molecule has 1 saturated carbocycles. The molecule has 0 unspecified atom stereocenters. The molecule has 1 N–H and O–H groups in total. The van der Waals surface area contributed by atoms with Gasteiger partial charge in [0, 0.05) is 21.9 Å². The van der Waals surface area contributed by atoms with Gasteiger partial charge in [-0.05, 0) is 63.0 Å². The van der Waals surface area contributed by atoms with Crippen molar-refractivity contribution in [3.63, 3.8) is 0 Å². The molecule has 2 aromatic carbocycles. The lowest BCUT2D eigenvalue weighted by Gasteiger charge is -2.48. The summed E-state index contributed by atoms with van der Waals surface area (Å²) in [4.78, 5) is 17.7. The van der Waals surface area contributed by atoms with E-state index >= 15 is 0 Å². The number of likely N-dealkylation sites (tertiary alicyclic amines) is 1. The highest BCUT2D eigenvalue weighted by molar-refractivity contribution is 7.99. The molecule has 2 fully saturated rings. The first-order valence-corrected chi connectivity index (χ1v) is 12.3. The predicted octanol–water partition coefficient (Wildman–Crippen LogP) is 5.63. The molecule has 4 nitrogen and oxygen atoms in total. The molecule has 31 heavy (non-hydrogen) atoms. The number of rotatable bonds is 6. The van der Waals surface area contributed by atoms with Crippen LogP contribution in [0.4, 0.5) is 0 Å². The van der Waals surface area contributed by atoms with Crippen LogP contribution in [0.25, 0.3) is 0 Å². The summed E-state index contributed by atoms with van der Waals surface area (Å²) in [5.74, 6) is -0.0144. The van der Waals surface area contributed by atoms with E-state index in [-0.39, 0.29) is 11.4 Å².